The summed E-state index contributed by atoms with van der Waals surface area (Å²) in [6, 6.07) is -2.96. The third kappa shape index (κ3) is 8.30. The second-order valence-corrected chi connectivity index (χ2v) is 11.2. The van der Waals surface area contributed by atoms with E-state index < -0.39 is 98.4 Å². The molecule has 0 bridgehead atoms. The van der Waals surface area contributed by atoms with Crippen molar-refractivity contribution >= 4 is 5.91 Å². The molecule has 1 amide bonds. The van der Waals surface area contributed by atoms with E-state index in [4.69, 9.17) is 36.1 Å². The first-order valence-corrected chi connectivity index (χ1v) is 14.3. The van der Waals surface area contributed by atoms with Gasteiger partial charge in [0.15, 0.2) is 12.6 Å². The van der Waals surface area contributed by atoms with Crippen LogP contribution in [0.1, 0.15) is 45.4 Å². The molecule has 16 heteroatoms. The minimum atomic E-state index is -1.73. The highest BCUT2D eigenvalue weighted by atomic mass is 16.7. The van der Waals surface area contributed by atoms with E-state index >= 15 is 0 Å². The zero-order valence-corrected chi connectivity index (χ0v) is 23.2. The monoisotopic (exact) mass is 596 g/mol. The zero-order valence-electron chi connectivity index (χ0n) is 23.2. The predicted molar refractivity (Wildman–Crippen MR) is 141 cm³/mol. The second kappa shape index (κ2) is 15.6. The van der Waals surface area contributed by atoms with Crippen LogP contribution in [0.5, 0.6) is 0 Å². The molecule has 15 atom stereocenters. The van der Waals surface area contributed by atoms with Gasteiger partial charge in [-0.05, 0) is 12.8 Å². The molecule has 240 valence electrons. The maximum absolute atomic E-state index is 12.2. The molecule has 1 saturated carbocycles. The van der Waals surface area contributed by atoms with E-state index in [1.165, 1.54) is 0 Å². The molecule has 41 heavy (non-hydrogen) atoms. The Morgan fingerprint density at radius 1 is 0.780 bits per heavy atom. The third-order valence-electron chi connectivity index (χ3n) is 8.01. The molecule has 3 fully saturated rings. The second-order valence-electron chi connectivity index (χ2n) is 11.2. The number of aliphatic hydroxyl groups is 7. The number of carbonyl (C=O) groups is 1. The van der Waals surface area contributed by atoms with Gasteiger partial charge in [-0.1, -0.05) is 26.2 Å². The number of carbonyl (C=O) groups excluding carboxylic acids is 1. The summed E-state index contributed by atoms with van der Waals surface area (Å²) in [6.07, 6.45) is -13.2. The van der Waals surface area contributed by atoms with Crippen molar-refractivity contribution in [2.75, 3.05) is 13.2 Å². The summed E-state index contributed by atoms with van der Waals surface area (Å²) in [5.74, 6) is -0.253. The standard InChI is InChI=1S/C25H48N4O12/c1-2-3-4-5-6-14(31)29-8-12-17(33)19(35)20(36)25(38-12)41-23-11(27)7-10(26)22(21(23)37)40-24-18(34)15(28)16(32)13(9-30)39-24/h10-13,15-25,30,32-37H,2-9,26-28H2,1H3,(H,29,31)/t10-,11+,12-,13-,15+,16-,17-,18-,19+,20-,21-,22+,23-,24-,25-/m1/s1. The van der Waals surface area contributed by atoms with Gasteiger partial charge in [-0.3, -0.25) is 4.79 Å². The Labute approximate surface area is 238 Å². The van der Waals surface area contributed by atoms with Crippen molar-refractivity contribution in [3.8, 4) is 0 Å². The molecule has 3 aliphatic rings. The van der Waals surface area contributed by atoms with Gasteiger partial charge in [0.25, 0.3) is 0 Å². The molecular weight excluding hydrogens is 548 g/mol. The van der Waals surface area contributed by atoms with Crippen LogP contribution >= 0.6 is 0 Å². The van der Waals surface area contributed by atoms with Gasteiger partial charge in [0.2, 0.25) is 5.91 Å². The fourth-order valence-corrected chi connectivity index (χ4v) is 5.39. The van der Waals surface area contributed by atoms with Crippen molar-refractivity contribution in [1.29, 1.82) is 0 Å². The van der Waals surface area contributed by atoms with E-state index in [-0.39, 0.29) is 18.9 Å². The first-order chi connectivity index (χ1) is 19.4. The molecule has 2 aliphatic heterocycles. The Morgan fingerprint density at radius 2 is 1.37 bits per heavy atom. The summed E-state index contributed by atoms with van der Waals surface area (Å²) < 4.78 is 22.7. The van der Waals surface area contributed by atoms with E-state index in [0.717, 1.165) is 19.3 Å². The molecule has 0 unspecified atom stereocenters. The molecule has 0 spiro atoms. The quantitative estimate of drug-likeness (QED) is 0.0939. The Kier molecular flexibility index (Phi) is 13.1. The summed E-state index contributed by atoms with van der Waals surface area (Å²) in [5.41, 5.74) is 18.2. The van der Waals surface area contributed by atoms with Crippen molar-refractivity contribution < 1.29 is 59.5 Å². The van der Waals surface area contributed by atoms with E-state index in [1.807, 2.05) is 0 Å². The lowest BCUT2D eigenvalue weighted by Crippen LogP contribution is -2.68. The summed E-state index contributed by atoms with van der Waals surface area (Å²) >= 11 is 0. The van der Waals surface area contributed by atoms with Crippen molar-refractivity contribution in [1.82, 2.24) is 5.32 Å². The summed E-state index contributed by atoms with van der Waals surface area (Å²) in [6.45, 7) is 1.29. The van der Waals surface area contributed by atoms with Crippen LogP contribution in [0.4, 0.5) is 0 Å². The van der Waals surface area contributed by atoms with Crippen molar-refractivity contribution in [3.63, 3.8) is 0 Å². The molecule has 0 aromatic rings. The van der Waals surface area contributed by atoms with Crippen molar-refractivity contribution in [2.45, 2.75) is 137 Å². The summed E-state index contributed by atoms with van der Waals surface area (Å²) in [4.78, 5) is 12.2. The fourth-order valence-electron chi connectivity index (χ4n) is 5.39. The number of hydrogen-bond donors (Lipinski definition) is 11. The highest BCUT2D eigenvalue weighted by Crippen LogP contribution is 2.31. The van der Waals surface area contributed by atoms with Crippen LogP contribution in [0.15, 0.2) is 0 Å². The Balaban J connectivity index is 1.64. The molecule has 2 heterocycles. The van der Waals surface area contributed by atoms with Gasteiger partial charge in [-0.2, -0.15) is 0 Å². The average molecular weight is 597 g/mol. The lowest BCUT2D eigenvalue weighted by atomic mass is 9.84. The minimum absolute atomic E-state index is 0.0544. The highest BCUT2D eigenvalue weighted by molar-refractivity contribution is 5.75. The molecule has 0 radical (unpaired) electrons. The van der Waals surface area contributed by atoms with Crippen molar-refractivity contribution in [3.05, 3.63) is 0 Å². The normalized spacial score (nSPS) is 45.4. The Morgan fingerprint density at radius 3 is 1.95 bits per heavy atom. The van der Waals surface area contributed by atoms with Gasteiger partial charge >= 0.3 is 0 Å². The van der Waals surface area contributed by atoms with Gasteiger partial charge in [0, 0.05) is 25.0 Å². The molecule has 2 saturated heterocycles. The molecule has 0 aromatic carbocycles. The number of unbranched alkanes of at least 4 members (excludes halogenated alkanes) is 3. The van der Waals surface area contributed by atoms with Gasteiger partial charge in [-0.15, -0.1) is 0 Å². The smallest absolute Gasteiger partial charge is 0.220 e. The lowest BCUT2D eigenvalue weighted by Gasteiger charge is -2.48. The largest absolute Gasteiger partial charge is 0.394 e. The average Bonchev–Trinajstić information content (AvgIpc) is 2.94. The van der Waals surface area contributed by atoms with Gasteiger partial charge in [0.05, 0.1) is 12.6 Å². The van der Waals surface area contributed by atoms with E-state index in [9.17, 15) is 40.5 Å². The first kappa shape index (κ1) is 34.4. The van der Waals surface area contributed by atoms with Crippen LogP contribution in [0.2, 0.25) is 0 Å². The number of nitrogens with two attached hydrogens (primary N) is 3. The number of aliphatic hydroxyl groups excluding tert-OH is 7. The number of ether oxygens (including phenoxy) is 4. The topological polar surface area (TPSA) is 286 Å². The number of nitrogens with one attached hydrogen (secondary N) is 1. The fraction of sp³-hybridized carbons (Fsp3) is 0.960. The predicted octanol–water partition coefficient (Wildman–Crippen LogP) is -5.16. The van der Waals surface area contributed by atoms with Crippen LogP contribution in [0, 0.1) is 0 Å². The first-order valence-electron chi connectivity index (χ1n) is 14.3. The van der Waals surface area contributed by atoms with Crippen molar-refractivity contribution in [2.24, 2.45) is 17.2 Å². The molecule has 14 N–H and O–H groups in total. The maximum atomic E-state index is 12.2. The zero-order chi connectivity index (χ0) is 30.4. The maximum Gasteiger partial charge on any atom is 0.220 e. The third-order valence-corrected chi connectivity index (χ3v) is 8.01. The molecule has 0 aromatic heterocycles. The van der Waals surface area contributed by atoms with Crippen LogP contribution < -0.4 is 22.5 Å². The number of hydrogen-bond acceptors (Lipinski definition) is 15. The Hall–Kier alpha value is -1.09. The molecule has 16 nitrogen and oxygen atoms in total. The van der Waals surface area contributed by atoms with Gasteiger partial charge in [-0.25, -0.2) is 0 Å². The highest BCUT2D eigenvalue weighted by Gasteiger charge is 2.51. The van der Waals surface area contributed by atoms with E-state index in [0.29, 0.717) is 12.8 Å². The van der Waals surface area contributed by atoms with Crippen LogP contribution in [0.3, 0.4) is 0 Å². The SMILES string of the molecule is CCCCCCC(=O)NC[C@H]1O[C@H](O[C@H]2[C@H](O)[C@@H](O[C@H]3O[C@H](CO)[C@@H](O)[C@H](N)[C@H]3O)[C@H](N)C[C@@H]2N)[C@H](O)[C@@H](O)[C@@H]1O. The summed E-state index contributed by atoms with van der Waals surface area (Å²) in [7, 11) is 0. The number of amides is 1. The van der Waals surface area contributed by atoms with E-state index in [1.54, 1.807) is 0 Å². The van der Waals surface area contributed by atoms with Crippen LogP contribution in [-0.4, -0.2) is 147 Å². The van der Waals surface area contributed by atoms with Crippen LogP contribution in [-0.2, 0) is 23.7 Å². The number of rotatable bonds is 12. The summed E-state index contributed by atoms with van der Waals surface area (Å²) in [5, 5.41) is 75.2. The molecule has 3 rings (SSSR count). The molecule has 1 aliphatic carbocycles. The lowest BCUT2D eigenvalue weighted by molar-refractivity contribution is -0.332. The van der Waals surface area contributed by atoms with Crippen LogP contribution in [0.25, 0.3) is 0 Å². The Bertz CT molecular complexity index is 815. The minimum Gasteiger partial charge on any atom is -0.394 e. The van der Waals surface area contributed by atoms with Gasteiger partial charge < -0.3 is 77.2 Å². The van der Waals surface area contributed by atoms with E-state index in [2.05, 4.69) is 12.2 Å². The molecular formula is C25H48N4O12. The van der Waals surface area contributed by atoms with Gasteiger partial charge in [0.1, 0.15) is 61.0 Å².